The first-order valence-corrected chi connectivity index (χ1v) is 9.81. The minimum absolute atomic E-state index is 0.0513. The van der Waals surface area contributed by atoms with Gasteiger partial charge < -0.3 is 15.5 Å². The third-order valence-electron chi connectivity index (χ3n) is 3.58. The Bertz CT molecular complexity index is 991. The molecular formula is C17H15Cl2N5O3S. The monoisotopic (exact) mass is 439 g/mol. The van der Waals surface area contributed by atoms with Crippen LogP contribution in [0, 0.1) is 0 Å². The molecule has 28 heavy (non-hydrogen) atoms. The molecule has 0 saturated heterocycles. The van der Waals surface area contributed by atoms with Crippen molar-refractivity contribution in [2.45, 2.75) is 18.1 Å². The summed E-state index contributed by atoms with van der Waals surface area (Å²) < 4.78 is 7.04. The number of amides is 2. The number of anilines is 1. The number of primary amides is 1. The van der Waals surface area contributed by atoms with E-state index in [1.165, 1.54) is 6.26 Å². The lowest BCUT2D eigenvalue weighted by atomic mass is 10.3. The summed E-state index contributed by atoms with van der Waals surface area (Å²) in [5, 5.41) is 12.2. The number of benzene rings is 1. The van der Waals surface area contributed by atoms with Gasteiger partial charge in [0.15, 0.2) is 16.7 Å². The number of halogens is 2. The van der Waals surface area contributed by atoms with Crippen molar-refractivity contribution >= 4 is 52.5 Å². The fourth-order valence-corrected chi connectivity index (χ4v) is 3.42. The van der Waals surface area contributed by atoms with Gasteiger partial charge in [-0.2, -0.15) is 0 Å². The number of nitrogens with zero attached hydrogens (tertiary/aromatic N) is 3. The maximum Gasteiger partial charge on any atom is 0.234 e. The summed E-state index contributed by atoms with van der Waals surface area (Å²) in [6.07, 6.45) is 1.61. The third kappa shape index (κ3) is 5.06. The zero-order valence-corrected chi connectivity index (χ0v) is 16.7. The van der Waals surface area contributed by atoms with Crippen molar-refractivity contribution < 1.29 is 14.0 Å². The predicted molar refractivity (Wildman–Crippen MR) is 107 cm³/mol. The Balaban J connectivity index is 1.71. The van der Waals surface area contributed by atoms with Crippen LogP contribution >= 0.6 is 35.0 Å². The Labute approximate surface area is 174 Å². The zero-order valence-electron chi connectivity index (χ0n) is 14.4. The molecule has 8 nitrogen and oxygen atoms in total. The Morgan fingerprint density at radius 3 is 2.79 bits per heavy atom. The summed E-state index contributed by atoms with van der Waals surface area (Å²) in [7, 11) is 0. The number of furan rings is 1. The molecule has 0 aliphatic carbocycles. The van der Waals surface area contributed by atoms with Gasteiger partial charge in [-0.1, -0.05) is 35.0 Å². The van der Waals surface area contributed by atoms with Crippen LogP contribution in [-0.4, -0.2) is 32.3 Å². The van der Waals surface area contributed by atoms with Gasteiger partial charge in [-0.3, -0.25) is 14.2 Å². The second kappa shape index (κ2) is 9.13. The Morgan fingerprint density at radius 1 is 1.25 bits per heavy atom. The van der Waals surface area contributed by atoms with Gasteiger partial charge in [-0.05, 0) is 30.3 Å². The van der Waals surface area contributed by atoms with Gasteiger partial charge in [0, 0.05) is 18.0 Å². The van der Waals surface area contributed by atoms with Crippen LogP contribution in [0.1, 0.15) is 6.42 Å². The molecule has 0 unspecified atom stereocenters. The van der Waals surface area contributed by atoms with Gasteiger partial charge in [-0.15, -0.1) is 10.2 Å². The fraction of sp³-hybridized carbons (Fsp3) is 0.176. The van der Waals surface area contributed by atoms with Crippen molar-refractivity contribution in [1.29, 1.82) is 0 Å². The summed E-state index contributed by atoms with van der Waals surface area (Å²) in [5.74, 6) is 0.253. The molecule has 3 rings (SSSR count). The molecule has 2 aromatic heterocycles. The fourth-order valence-electron chi connectivity index (χ4n) is 2.32. The van der Waals surface area contributed by atoms with Crippen LogP contribution in [0.2, 0.25) is 10.0 Å². The van der Waals surface area contributed by atoms with Gasteiger partial charge in [0.05, 0.1) is 22.7 Å². The number of carbonyl (C=O) groups is 2. The van der Waals surface area contributed by atoms with Gasteiger partial charge in [-0.25, -0.2) is 0 Å². The molecule has 3 N–H and O–H groups in total. The molecule has 3 aromatic rings. The molecule has 0 radical (unpaired) electrons. The van der Waals surface area contributed by atoms with Crippen molar-refractivity contribution in [3.63, 3.8) is 0 Å². The largest absolute Gasteiger partial charge is 0.461 e. The van der Waals surface area contributed by atoms with Crippen LogP contribution < -0.4 is 11.1 Å². The maximum absolute atomic E-state index is 12.3. The molecule has 0 atom stereocenters. The minimum atomic E-state index is -0.455. The van der Waals surface area contributed by atoms with Gasteiger partial charge in [0.25, 0.3) is 0 Å². The molecule has 0 aliphatic heterocycles. The summed E-state index contributed by atoms with van der Waals surface area (Å²) in [4.78, 5) is 23.5. The lowest BCUT2D eigenvalue weighted by Crippen LogP contribution is -2.16. The SMILES string of the molecule is NC(=O)CCn1c(SCC(=O)Nc2cc(Cl)ccc2Cl)nnc1-c1ccco1. The molecule has 1 aromatic carbocycles. The molecule has 11 heteroatoms. The van der Waals surface area contributed by atoms with Crippen molar-refractivity contribution in [1.82, 2.24) is 14.8 Å². The van der Waals surface area contributed by atoms with Gasteiger partial charge in [0.1, 0.15) is 0 Å². The topological polar surface area (TPSA) is 116 Å². The van der Waals surface area contributed by atoms with E-state index in [2.05, 4.69) is 15.5 Å². The standard InChI is InChI=1S/C17H15Cl2N5O3S/c18-10-3-4-11(19)12(8-10)21-15(26)9-28-17-23-22-16(13-2-1-7-27-13)24(17)6-5-14(20)25/h1-4,7-8H,5-6,9H2,(H2,20,25)(H,21,26). The van der Waals surface area contributed by atoms with E-state index in [9.17, 15) is 9.59 Å². The number of aromatic nitrogens is 3. The second-order valence-corrected chi connectivity index (χ2v) is 7.40. The highest BCUT2D eigenvalue weighted by atomic mass is 35.5. The van der Waals surface area contributed by atoms with E-state index in [-0.39, 0.29) is 24.6 Å². The molecule has 0 saturated carbocycles. The number of nitrogens with one attached hydrogen (secondary N) is 1. The lowest BCUT2D eigenvalue weighted by Gasteiger charge is -2.09. The van der Waals surface area contributed by atoms with E-state index in [0.717, 1.165) is 11.8 Å². The zero-order chi connectivity index (χ0) is 20.1. The molecule has 2 amide bonds. The highest BCUT2D eigenvalue weighted by molar-refractivity contribution is 7.99. The molecule has 0 aliphatic rings. The molecule has 0 fully saturated rings. The minimum Gasteiger partial charge on any atom is -0.461 e. The third-order valence-corrected chi connectivity index (χ3v) is 5.11. The van der Waals surface area contributed by atoms with Crippen LogP contribution in [0.5, 0.6) is 0 Å². The van der Waals surface area contributed by atoms with E-state index in [0.29, 0.717) is 32.5 Å². The average molecular weight is 440 g/mol. The van der Waals surface area contributed by atoms with E-state index in [4.69, 9.17) is 33.4 Å². The van der Waals surface area contributed by atoms with Gasteiger partial charge in [0.2, 0.25) is 11.8 Å². The van der Waals surface area contributed by atoms with Gasteiger partial charge >= 0.3 is 0 Å². The molecule has 0 bridgehead atoms. The van der Waals surface area contributed by atoms with E-state index in [1.807, 2.05) is 0 Å². The van der Waals surface area contributed by atoms with Crippen LogP contribution in [0.3, 0.4) is 0 Å². The van der Waals surface area contributed by atoms with Crippen LogP contribution in [0.4, 0.5) is 5.69 Å². The maximum atomic E-state index is 12.3. The van der Waals surface area contributed by atoms with Crippen molar-refractivity contribution in [3.05, 3.63) is 46.6 Å². The smallest absolute Gasteiger partial charge is 0.234 e. The Morgan fingerprint density at radius 2 is 2.07 bits per heavy atom. The molecule has 146 valence electrons. The molecule has 0 spiro atoms. The first kappa shape index (κ1) is 20.2. The van der Waals surface area contributed by atoms with Crippen LogP contribution in [0.25, 0.3) is 11.6 Å². The van der Waals surface area contributed by atoms with E-state index >= 15 is 0 Å². The quantitative estimate of drug-likeness (QED) is 0.519. The van der Waals surface area contributed by atoms with E-state index < -0.39 is 5.91 Å². The van der Waals surface area contributed by atoms with Crippen LogP contribution in [-0.2, 0) is 16.1 Å². The highest BCUT2D eigenvalue weighted by Gasteiger charge is 2.18. The van der Waals surface area contributed by atoms with E-state index in [1.54, 1.807) is 34.9 Å². The van der Waals surface area contributed by atoms with Crippen molar-refractivity contribution in [3.8, 4) is 11.6 Å². The number of thioether (sulfide) groups is 1. The Hall–Kier alpha value is -2.49. The van der Waals surface area contributed by atoms with Crippen LogP contribution in [0.15, 0.2) is 46.2 Å². The lowest BCUT2D eigenvalue weighted by molar-refractivity contribution is -0.118. The Kier molecular flexibility index (Phi) is 6.61. The summed E-state index contributed by atoms with van der Waals surface area (Å²) >= 11 is 13.1. The van der Waals surface area contributed by atoms with Crippen molar-refractivity contribution in [2.75, 3.05) is 11.1 Å². The number of carbonyl (C=O) groups excluding carboxylic acids is 2. The number of hydrogen-bond acceptors (Lipinski definition) is 6. The molecule has 2 heterocycles. The first-order chi connectivity index (χ1) is 13.4. The predicted octanol–water partition coefficient (Wildman–Crippen LogP) is 3.45. The van der Waals surface area contributed by atoms with Crippen molar-refractivity contribution in [2.24, 2.45) is 5.73 Å². The average Bonchev–Trinajstić information content (AvgIpc) is 3.30. The normalized spacial score (nSPS) is 10.8. The number of nitrogens with two attached hydrogens (primary N) is 1. The number of rotatable bonds is 8. The summed E-state index contributed by atoms with van der Waals surface area (Å²) in [6, 6.07) is 8.25. The highest BCUT2D eigenvalue weighted by Crippen LogP contribution is 2.27. The summed E-state index contributed by atoms with van der Waals surface area (Å²) in [6.45, 7) is 0.266. The second-order valence-electron chi connectivity index (χ2n) is 5.61. The molecular weight excluding hydrogens is 425 g/mol. The first-order valence-electron chi connectivity index (χ1n) is 8.07. The number of hydrogen-bond donors (Lipinski definition) is 2. The summed E-state index contributed by atoms with van der Waals surface area (Å²) in [5.41, 5.74) is 5.67.